The number of hydrogen-bond donors (Lipinski definition) is 1. The number of fused-ring (bicyclic) bond motifs is 1. The van der Waals surface area contributed by atoms with Gasteiger partial charge < -0.3 is 24.3 Å². The summed E-state index contributed by atoms with van der Waals surface area (Å²) in [7, 11) is 3.88. The Morgan fingerprint density at radius 1 is 1.43 bits per heavy atom. The van der Waals surface area contributed by atoms with Crippen molar-refractivity contribution in [2.75, 3.05) is 53.6 Å². The third kappa shape index (κ3) is 4.09. The fourth-order valence-electron chi connectivity index (χ4n) is 4.76. The van der Waals surface area contributed by atoms with Crippen LogP contribution in [0.5, 0.6) is 0 Å². The van der Waals surface area contributed by atoms with Gasteiger partial charge in [-0.2, -0.15) is 0 Å². The van der Waals surface area contributed by atoms with E-state index >= 15 is 0 Å². The quantitative estimate of drug-likeness (QED) is 0.831. The van der Waals surface area contributed by atoms with Crippen molar-refractivity contribution < 1.29 is 14.3 Å². The highest BCUT2D eigenvalue weighted by molar-refractivity contribution is 5.98. The molecule has 1 aromatic carbocycles. The largest absolute Gasteiger partial charge is 0.383 e. The van der Waals surface area contributed by atoms with Crippen LogP contribution in [0, 0.1) is 5.92 Å². The molecule has 28 heavy (non-hydrogen) atoms. The molecule has 2 aliphatic heterocycles. The summed E-state index contributed by atoms with van der Waals surface area (Å²) in [6.45, 7) is 5.01. The summed E-state index contributed by atoms with van der Waals surface area (Å²) in [6.07, 6.45) is 4.99. The van der Waals surface area contributed by atoms with Gasteiger partial charge >= 0.3 is 0 Å². The molecule has 0 saturated carbocycles. The molecule has 2 aromatic rings. The van der Waals surface area contributed by atoms with Gasteiger partial charge in [0.25, 0.3) is 5.91 Å². The molecule has 0 radical (unpaired) electrons. The predicted molar refractivity (Wildman–Crippen MR) is 110 cm³/mol. The molecule has 0 aliphatic carbocycles. The summed E-state index contributed by atoms with van der Waals surface area (Å²) in [5.74, 6) is 0.638. The number of aromatic nitrogens is 1. The van der Waals surface area contributed by atoms with Crippen LogP contribution in [0.4, 0.5) is 0 Å². The molecule has 1 spiro atoms. The molecule has 2 atom stereocenters. The molecule has 4 rings (SSSR count). The molecule has 0 bridgehead atoms. The van der Waals surface area contributed by atoms with Gasteiger partial charge in [0.05, 0.1) is 18.8 Å². The lowest BCUT2D eigenvalue weighted by molar-refractivity contribution is -0.0450. The number of amides is 1. The third-order valence-electron chi connectivity index (χ3n) is 6.16. The SMILES string of the molecule is COCCN(C)C[C@H]1CO[C@@]2(CCCN(C(=O)c3ccc4[nH]ccc4c3)C2)C1. The van der Waals surface area contributed by atoms with E-state index in [0.717, 1.165) is 68.6 Å². The Labute approximate surface area is 166 Å². The van der Waals surface area contributed by atoms with E-state index in [9.17, 15) is 4.79 Å². The minimum absolute atomic E-state index is 0.117. The molecule has 0 unspecified atom stereocenters. The molecule has 2 fully saturated rings. The summed E-state index contributed by atoms with van der Waals surface area (Å²) in [5.41, 5.74) is 1.66. The Kier molecular flexibility index (Phi) is 5.71. The van der Waals surface area contributed by atoms with E-state index < -0.39 is 0 Å². The van der Waals surface area contributed by atoms with E-state index in [1.54, 1.807) is 7.11 Å². The topological polar surface area (TPSA) is 57.8 Å². The van der Waals surface area contributed by atoms with Crippen LogP contribution in [-0.2, 0) is 9.47 Å². The molecule has 3 heterocycles. The van der Waals surface area contributed by atoms with Crippen LogP contribution in [0.25, 0.3) is 10.9 Å². The Morgan fingerprint density at radius 3 is 3.18 bits per heavy atom. The number of nitrogens with zero attached hydrogens (tertiary/aromatic N) is 2. The first-order valence-corrected chi connectivity index (χ1v) is 10.3. The van der Waals surface area contributed by atoms with Gasteiger partial charge in [0.1, 0.15) is 0 Å². The third-order valence-corrected chi connectivity index (χ3v) is 6.16. The number of methoxy groups -OCH3 is 1. The second-order valence-corrected chi connectivity index (χ2v) is 8.43. The Hall–Kier alpha value is -1.89. The van der Waals surface area contributed by atoms with Crippen LogP contribution >= 0.6 is 0 Å². The number of hydrogen-bond acceptors (Lipinski definition) is 4. The van der Waals surface area contributed by atoms with Gasteiger partial charge in [-0.1, -0.05) is 0 Å². The molecule has 1 amide bonds. The standard InChI is InChI=1S/C22H31N3O3/c1-24(10-11-27-2)14-17-13-22(28-15-17)7-3-9-25(16-22)21(26)19-4-5-20-18(12-19)6-8-23-20/h4-6,8,12,17,23H,3,7,9-11,13-16H2,1-2H3/t17-,22-/m0/s1. The normalized spacial score (nSPS) is 25.2. The lowest BCUT2D eigenvalue weighted by atomic mass is 9.86. The zero-order valence-electron chi connectivity index (χ0n) is 16.9. The van der Waals surface area contributed by atoms with Crippen LogP contribution in [0.3, 0.4) is 0 Å². The highest BCUT2D eigenvalue weighted by Crippen LogP contribution is 2.38. The van der Waals surface area contributed by atoms with E-state index in [1.807, 2.05) is 35.4 Å². The molecule has 6 heteroatoms. The highest BCUT2D eigenvalue weighted by Gasteiger charge is 2.44. The number of benzene rings is 1. The van der Waals surface area contributed by atoms with Crippen molar-refractivity contribution in [1.29, 1.82) is 0 Å². The minimum Gasteiger partial charge on any atom is -0.383 e. The van der Waals surface area contributed by atoms with Gasteiger partial charge in [-0.15, -0.1) is 0 Å². The van der Waals surface area contributed by atoms with Crippen LogP contribution in [0.2, 0.25) is 0 Å². The molecule has 1 aromatic heterocycles. The number of carbonyl (C=O) groups is 1. The van der Waals surface area contributed by atoms with Gasteiger partial charge in [-0.05, 0) is 56.5 Å². The number of piperidine rings is 1. The minimum atomic E-state index is -0.168. The smallest absolute Gasteiger partial charge is 0.253 e. The van der Waals surface area contributed by atoms with Gasteiger partial charge in [0, 0.05) is 56.0 Å². The van der Waals surface area contributed by atoms with Gasteiger partial charge in [0.15, 0.2) is 0 Å². The summed E-state index contributed by atoms with van der Waals surface area (Å²) in [6, 6.07) is 7.90. The Bertz CT molecular complexity index is 820. The summed E-state index contributed by atoms with van der Waals surface area (Å²) < 4.78 is 11.5. The van der Waals surface area contributed by atoms with Crippen LogP contribution < -0.4 is 0 Å². The van der Waals surface area contributed by atoms with E-state index in [0.29, 0.717) is 12.5 Å². The number of carbonyl (C=O) groups excluding carboxylic acids is 1. The van der Waals surface area contributed by atoms with Gasteiger partial charge in [0.2, 0.25) is 0 Å². The molecule has 2 saturated heterocycles. The van der Waals surface area contributed by atoms with Crippen molar-refractivity contribution in [3.05, 3.63) is 36.0 Å². The van der Waals surface area contributed by atoms with E-state index in [1.165, 1.54) is 0 Å². The van der Waals surface area contributed by atoms with Gasteiger partial charge in [-0.25, -0.2) is 0 Å². The highest BCUT2D eigenvalue weighted by atomic mass is 16.5. The van der Waals surface area contributed by atoms with Gasteiger partial charge in [-0.3, -0.25) is 4.79 Å². The molecular formula is C22H31N3O3. The van der Waals surface area contributed by atoms with Crippen molar-refractivity contribution >= 4 is 16.8 Å². The fourth-order valence-corrected chi connectivity index (χ4v) is 4.76. The molecular weight excluding hydrogens is 354 g/mol. The number of nitrogens with one attached hydrogen (secondary N) is 1. The van der Waals surface area contributed by atoms with E-state index in [4.69, 9.17) is 9.47 Å². The number of likely N-dealkylation sites (tertiary alicyclic amines) is 1. The number of ether oxygens (including phenoxy) is 2. The first-order valence-electron chi connectivity index (χ1n) is 10.3. The average molecular weight is 386 g/mol. The first kappa shape index (κ1) is 19.4. The van der Waals surface area contributed by atoms with Crippen molar-refractivity contribution in [2.45, 2.75) is 24.9 Å². The van der Waals surface area contributed by atoms with Crippen LogP contribution in [0.1, 0.15) is 29.6 Å². The van der Waals surface area contributed by atoms with Crippen molar-refractivity contribution in [1.82, 2.24) is 14.8 Å². The monoisotopic (exact) mass is 385 g/mol. The maximum atomic E-state index is 13.1. The maximum Gasteiger partial charge on any atom is 0.253 e. The Balaban J connectivity index is 1.39. The second kappa shape index (κ2) is 8.23. The molecule has 1 N–H and O–H groups in total. The van der Waals surface area contributed by atoms with E-state index in [-0.39, 0.29) is 11.5 Å². The van der Waals surface area contributed by atoms with Crippen LogP contribution in [-0.4, -0.2) is 79.8 Å². The van der Waals surface area contributed by atoms with Crippen molar-refractivity contribution in [3.8, 4) is 0 Å². The molecule has 152 valence electrons. The molecule has 6 nitrogen and oxygen atoms in total. The van der Waals surface area contributed by atoms with E-state index in [2.05, 4.69) is 16.9 Å². The number of rotatable bonds is 6. The second-order valence-electron chi connectivity index (χ2n) is 8.43. The lowest BCUT2D eigenvalue weighted by Crippen LogP contribution is -2.50. The fraction of sp³-hybridized carbons (Fsp3) is 0.591. The zero-order chi connectivity index (χ0) is 19.6. The first-order chi connectivity index (χ1) is 13.6. The predicted octanol–water partition coefficient (Wildman–Crippen LogP) is 2.76. The van der Waals surface area contributed by atoms with Crippen molar-refractivity contribution in [3.63, 3.8) is 0 Å². The number of H-pyrrole nitrogens is 1. The average Bonchev–Trinajstić information content (AvgIpc) is 3.32. The Morgan fingerprint density at radius 2 is 2.32 bits per heavy atom. The summed E-state index contributed by atoms with van der Waals surface area (Å²) in [5, 5.41) is 1.08. The van der Waals surface area contributed by atoms with Crippen molar-refractivity contribution in [2.24, 2.45) is 5.92 Å². The van der Waals surface area contributed by atoms with Crippen LogP contribution in [0.15, 0.2) is 30.5 Å². The zero-order valence-corrected chi connectivity index (χ0v) is 16.9. The number of likely N-dealkylation sites (N-methyl/N-ethyl adjacent to an activating group) is 1. The number of aromatic amines is 1. The maximum absolute atomic E-state index is 13.1. The summed E-state index contributed by atoms with van der Waals surface area (Å²) >= 11 is 0. The summed E-state index contributed by atoms with van der Waals surface area (Å²) in [4.78, 5) is 20.6. The molecule has 2 aliphatic rings. The lowest BCUT2D eigenvalue weighted by Gasteiger charge is -2.40.